The number of likely N-dealkylation sites (N-methyl/N-ethyl adjacent to an activating group) is 1. The maximum atomic E-state index is 11.6. The van der Waals surface area contributed by atoms with Crippen LogP contribution in [-0.4, -0.2) is 61.2 Å². The number of methoxy groups -OCH3 is 1. The molecule has 0 aliphatic rings. The largest absolute Gasteiger partial charge is 0.493 e. The normalized spacial score (nSPS) is 11.9. The summed E-state index contributed by atoms with van der Waals surface area (Å²) < 4.78 is 41.8. The number of aromatic nitrogens is 3. The minimum absolute atomic E-state index is 0.161. The van der Waals surface area contributed by atoms with Crippen LogP contribution in [0.15, 0.2) is 42.7 Å². The molecule has 0 saturated heterocycles. The molecule has 168 valence electrons. The molecule has 10 heteroatoms. The van der Waals surface area contributed by atoms with Crippen LogP contribution < -0.4 is 14.2 Å². The lowest BCUT2D eigenvalue weighted by Gasteiger charge is -2.16. The molecule has 0 spiro atoms. The number of fused-ring (bicyclic) bond motifs is 2. The number of sulfonamides is 1. The number of nitrogens with zero attached hydrogens (tertiary/aromatic N) is 3. The Hall–Kier alpha value is -3.37. The van der Waals surface area contributed by atoms with Gasteiger partial charge in [0, 0.05) is 30.6 Å². The monoisotopic (exact) mass is 456 g/mol. The molecule has 0 radical (unpaired) electrons. The van der Waals surface area contributed by atoms with Gasteiger partial charge in [-0.1, -0.05) is 12.1 Å². The Bertz CT molecular complexity index is 1380. The van der Waals surface area contributed by atoms with Crippen molar-refractivity contribution in [1.82, 2.24) is 19.3 Å². The maximum Gasteiger partial charge on any atom is 0.230 e. The van der Waals surface area contributed by atoms with Crippen molar-refractivity contribution in [2.24, 2.45) is 0 Å². The first kappa shape index (κ1) is 21.8. The van der Waals surface area contributed by atoms with Gasteiger partial charge >= 0.3 is 0 Å². The molecule has 0 atom stereocenters. The Morgan fingerprint density at radius 2 is 1.88 bits per heavy atom. The van der Waals surface area contributed by atoms with Crippen molar-refractivity contribution in [3.63, 3.8) is 0 Å². The summed E-state index contributed by atoms with van der Waals surface area (Å²) >= 11 is 0. The Morgan fingerprint density at radius 1 is 1.09 bits per heavy atom. The van der Waals surface area contributed by atoms with Crippen molar-refractivity contribution in [1.29, 1.82) is 0 Å². The van der Waals surface area contributed by atoms with Gasteiger partial charge in [-0.15, -0.1) is 0 Å². The first-order valence-corrected chi connectivity index (χ1v) is 11.7. The molecular weight excluding hydrogens is 432 g/mol. The molecule has 0 bridgehead atoms. The molecule has 4 aromatic rings. The third-order valence-electron chi connectivity index (χ3n) is 5.15. The first-order valence-electron chi connectivity index (χ1n) is 9.90. The number of hydrogen-bond acceptors (Lipinski definition) is 7. The quantitative estimate of drug-likeness (QED) is 0.432. The lowest BCUT2D eigenvalue weighted by molar-refractivity contribution is 0.272. The van der Waals surface area contributed by atoms with Crippen LogP contribution in [0.3, 0.4) is 0 Å². The van der Waals surface area contributed by atoms with Crippen LogP contribution in [0.5, 0.6) is 23.1 Å². The highest BCUT2D eigenvalue weighted by atomic mass is 32.2. The van der Waals surface area contributed by atoms with Crippen molar-refractivity contribution in [2.75, 3.05) is 33.6 Å². The maximum absolute atomic E-state index is 11.6. The molecule has 0 amide bonds. The number of nitrogens with one attached hydrogen (secondary N) is 1. The van der Waals surface area contributed by atoms with Crippen molar-refractivity contribution in [3.8, 4) is 23.1 Å². The Morgan fingerprint density at radius 3 is 2.62 bits per heavy atom. The summed E-state index contributed by atoms with van der Waals surface area (Å²) in [5.74, 6) is 2.01. The van der Waals surface area contributed by atoms with Crippen LogP contribution in [-0.2, 0) is 10.0 Å². The van der Waals surface area contributed by atoms with Crippen LogP contribution in [0.1, 0.15) is 5.69 Å². The van der Waals surface area contributed by atoms with Gasteiger partial charge in [-0.3, -0.25) is 0 Å². The molecule has 0 aliphatic carbocycles. The summed E-state index contributed by atoms with van der Waals surface area (Å²) in [4.78, 5) is 12.0. The smallest absolute Gasteiger partial charge is 0.230 e. The third kappa shape index (κ3) is 4.32. The van der Waals surface area contributed by atoms with E-state index >= 15 is 0 Å². The van der Waals surface area contributed by atoms with E-state index in [0.29, 0.717) is 34.0 Å². The zero-order valence-electron chi connectivity index (χ0n) is 18.2. The highest BCUT2D eigenvalue weighted by molar-refractivity contribution is 7.88. The Balaban J connectivity index is 1.65. The van der Waals surface area contributed by atoms with Gasteiger partial charge in [0.15, 0.2) is 17.2 Å². The summed E-state index contributed by atoms with van der Waals surface area (Å²) in [5, 5.41) is 1.62. The third-order valence-corrected chi connectivity index (χ3v) is 6.46. The molecular formula is C22H24N4O5S. The van der Waals surface area contributed by atoms with E-state index in [0.717, 1.165) is 22.9 Å². The van der Waals surface area contributed by atoms with E-state index in [1.165, 1.54) is 24.8 Å². The number of hydrogen-bond donors (Lipinski definition) is 1. The predicted octanol–water partition coefficient (Wildman–Crippen LogP) is 3.49. The molecule has 2 aromatic carbocycles. The molecule has 4 rings (SSSR count). The highest BCUT2D eigenvalue weighted by Gasteiger charge is 2.17. The van der Waals surface area contributed by atoms with Gasteiger partial charge in [0.25, 0.3) is 0 Å². The summed E-state index contributed by atoms with van der Waals surface area (Å²) in [6, 6.07) is 11.4. The summed E-state index contributed by atoms with van der Waals surface area (Å²) in [6.07, 6.45) is 2.58. The molecule has 9 nitrogen and oxygen atoms in total. The zero-order chi connectivity index (χ0) is 22.9. The first-order chi connectivity index (χ1) is 15.3. The second-order valence-corrected chi connectivity index (χ2v) is 9.45. The SMILES string of the molecule is COc1cc2c(Oc3c(C)[nH]c4ccccc34)ncnc2cc1OCCN(C)S(C)(=O)=O. The van der Waals surface area contributed by atoms with Crippen LogP contribution in [0.2, 0.25) is 0 Å². The minimum atomic E-state index is -3.28. The minimum Gasteiger partial charge on any atom is -0.493 e. The molecule has 0 unspecified atom stereocenters. The molecule has 32 heavy (non-hydrogen) atoms. The van der Waals surface area contributed by atoms with E-state index < -0.39 is 10.0 Å². The number of aromatic amines is 1. The zero-order valence-corrected chi connectivity index (χ0v) is 19.1. The fraction of sp³-hybridized carbons (Fsp3) is 0.273. The van der Waals surface area contributed by atoms with Crippen molar-refractivity contribution in [3.05, 3.63) is 48.4 Å². The second kappa shape index (κ2) is 8.64. The number of para-hydroxylation sites is 1. The molecule has 0 saturated carbocycles. The summed E-state index contributed by atoms with van der Waals surface area (Å²) in [6.45, 7) is 2.31. The van der Waals surface area contributed by atoms with Crippen molar-refractivity contribution in [2.45, 2.75) is 6.92 Å². The number of H-pyrrole nitrogens is 1. The fourth-order valence-corrected chi connectivity index (χ4v) is 3.73. The van der Waals surface area contributed by atoms with E-state index in [1.807, 2.05) is 31.2 Å². The van der Waals surface area contributed by atoms with Gasteiger partial charge in [-0.25, -0.2) is 22.7 Å². The van der Waals surface area contributed by atoms with Gasteiger partial charge in [0.2, 0.25) is 15.9 Å². The Kier molecular flexibility index (Phi) is 5.90. The van der Waals surface area contributed by atoms with Gasteiger partial charge in [0.05, 0.1) is 30.0 Å². The number of benzene rings is 2. The van der Waals surface area contributed by atoms with Crippen LogP contribution in [0.25, 0.3) is 21.8 Å². The Labute approximate surface area is 186 Å². The lowest BCUT2D eigenvalue weighted by Crippen LogP contribution is -2.29. The van der Waals surface area contributed by atoms with E-state index in [4.69, 9.17) is 14.2 Å². The number of aryl methyl sites for hydroxylation is 1. The van der Waals surface area contributed by atoms with Crippen LogP contribution >= 0.6 is 0 Å². The second-order valence-electron chi connectivity index (χ2n) is 7.36. The van der Waals surface area contributed by atoms with Gasteiger partial charge in [-0.05, 0) is 25.1 Å². The predicted molar refractivity (Wildman–Crippen MR) is 122 cm³/mol. The molecule has 2 heterocycles. The van der Waals surface area contributed by atoms with Crippen molar-refractivity contribution >= 4 is 31.8 Å². The molecule has 0 aliphatic heterocycles. The molecule has 0 fully saturated rings. The van der Waals surface area contributed by atoms with Gasteiger partial charge < -0.3 is 19.2 Å². The molecule has 2 aromatic heterocycles. The van der Waals surface area contributed by atoms with Crippen LogP contribution in [0, 0.1) is 6.92 Å². The average molecular weight is 457 g/mol. The standard InChI is InChI=1S/C22H24N4O5S/c1-14-21(15-7-5-6-8-17(15)25-14)31-22-16-11-19(29-3)20(12-18(16)23-13-24-22)30-10-9-26(2)32(4,27)28/h5-8,11-13,25H,9-10H2,1-4H3. The van der Waals surface area contributed by atoms with E-state index in [-0.39, 0.29) is 13.2 Å². The lowest BCUT2D eigenvalue weighted by atomic mass is 10.2. The van der Waals surface area contributed by atoms with Crippen molar-refractivity contribution < 1.29 is 22.6 Å². The summed E-state index contributed by atoms with van der Waals surface area (Å²) in [7, 11) is -0.243. The van der Waals surface area contributed by atoms with Crippen LogP contribution in [0.4, 0.5) is 0 Å². The number of ether oxygens (including phenoxy) is 3. The van der Waals surface area contributed by atoms with E-state index in [1.54, 1.807) is 12.1 Å². The molecule has 1 N–H and O–H groups in total. The highest BCUT2D eigenvalue weighted by Crippen LogP contribution is 2.38. The van der Waals surface area contributed by atoms with Gasteiger partial charge in [0.1, 0.15) is 12.9 Å². The van der Waals surface area contributed by atoms with Gasteiger partial charge in [-0.2, -0.15) is 0 Å². The fourth-order valence-electron chi connectivity index (χ4n) is 3.32. The van der Waals surface area contributed by atoms with E-state index in [2.05, 4.69) is 15.0 Å². The average Bonchev–Trinajstić information content (AvgIpc) is 3.07. The van der Waals surface area contributed by atoms with E-state index in [9.17, 15) is 8.42 Å². The number of rotatable bonds is 8. The topological polar surface area (TPSA) is 107 Å². The summed E-state index contributed by atoms with van der Waals surface area (Å²) in [5.41, 5.74) is 2.48.